The molecule has 1 heterocycles. The number of aromatic amines is 1. The number of aromatic nitrogens is 2. The summed E-state index contributed by atoms with van der Waals surface area (Å²) in [5.41, 5.74) is 0.0549. The Kier molecular flexibility index (Phi) is 2.70. The van der Waals surface area contributed by atoms with Crippen molar-refractivity contribution in [1.82, 2.24) is 10.2 Å². The first-order valence-electron chi connectivity index (χ1n) is 4.67. The fourth-order valence-corrected chi connectivity index (χ4v) is 1.30. The number of nitrogens with zero attached hydrogens (tertiary/aromatic N) is 1. The zero-order valence-corrected chi connectivity index (χ0v) is 8.48. The Morgan fingerprint density at radius 3 is 2.41 bits per heavy atom. The number of carbonyl (C=O) groups is 2. The minimum absolute atomic E-state index is 0.0194. The highest BCUT2D eigenvalue weighted by molar-refractivity contribution is 6.08. The molecule has 2 N–H and O–H groups in total. The van der Waals surface area contributed by atoms with Gasteiger partial charge in [0.25, 0.3) is 0 Å². The van der Waals surface area contributed by atoms with E-state index in [0.717, 1.165) is 18.2 Å². The van der Waals surface area contributed by atoms with Crippen LogP contribution in [0.15, 0.2) is 30.3 Å². The molecule has 0 saturated carbocycles. The molecular formula is C11H7FN2O3. The summed E-state index contributed by atoms with van der Waals surface area (Å²) in [6.07, 6.45) is 0. The first-order chi connectivity index (χ1) is 8.08. The molecule has 17 heavy (non-hydrogen) atoms. The SMILES string of the molecule is O=C(c1ccc(F)cc1)c1cc(C(=O)O)[nH]n1. The number of aromatic carboxylic acids is 1. The number of hydrogen-bond donors (Lipinski definition) is 2. The summed E-state index contributed by atoms with van der Waals surface area (Å²) in [5, 5.41) is 14.5. The van der Waals surface area contributed by atoms with Gasteiger partial charge >= 0.3 is 5.97 Å². The second kappa shape index (κ2) is 4.17. The smallest absolute Gasteiger partial charge is 0.353 e. The van der Waals surface area contributed by atoms with Gasteiger partial charge in [-0.3, -0.25) is 9.89 Å². The zero-order valence-electron chi connectivity index (χ0n) is 8.48. The third kappa shape index (κ3) is 2.20. The van der Waals surface area contributed by atoms with E-state index in [4.69, 9.17) is 5.11 Å². The molecule has 0 saturated heterocycles. The van der Waals surface area contributed by atoms with Crippen LogP contribution in [0, 0.1) is 5.82 Å². The zero-order chi connectivity index (χ0) is 12.4. The number of carboxylic acid groups (broad SMARTS) is 1. The van der Waals surface area contributed by atoms with Gasteiger partial charge in [0, 0.05) is 11.6 Å². The maximum Gasteiger partial charge on any atom is 0.353 e. The highest BCUT2D eigenvalue weighted by atomic mass is 19.1. The molecule has 1 aromatic heterocycles. The van der Waals surface area contributed by atoms with Gasteiger partial charge in [0.05, 0.1) is 0 Å². The van der Waals surface area contributed by atoms with Crippen LogP contribution in [-0.2, 0) is 0 Å². The Bertz CT molecular complexity index is 575. The first kappa shape index (κ1) is 11.0. The fourth-order valence-electron chi connectivity index (χ4n) is 1.30. The standard InChI is InChI=1S/C11H7FN2O3/c12-7-3-1-6(2-4-7)10(15)8-5-9(11(16)17)14-13-8/h1-5H,(H,13,14)(H,16,17). The molecule has 1 aromatic carbocycles. The Morgan fingerprint density at radius 2 is 1.88 bits per heavy atom. The predicted molar refractivity (Wildman–Crippen MR) is 55.4 cm³/mol. The van der Waals surface area contributed by atoms with Gasteiger partial charge in [-0.25, -0.2) is 9.18 Å². The topological polar surface area (TPSA) is 83.0 Å². The van der Waals surface area contributed by atoms with Crippen molar-refractivity contribution in [2.45, 2.75) is 0 Å². The molecule has 0 bridgehead atoms. The lowest BCUT2D eigenvalue weighted by atomic mass is 10.1. The highest BCUT2D eigenvalue weighted by Gasteiger charge is 2.15. The van der Waals surface area contributed by atoms with Crippen LogP contribution in [0.4, 0.5) is 4.39 Å². The van der Waals surface area contributed by atoms with Crippen LogP contribution in [0.3, 0.4) is 0 Å². The Balaban J connectivity index is 2.30. The molecule has 0 aliphatic heterocycles. The molecule has 0 aliphatic carbocycles. The van der Waals surface area contributed by atoms with Crippen LogP contribution >= 0.6 is 0 Å². The number of H-pyrrole nitrogens is 1. The van der Waals surface area contributed by atoms with Crippen LogP contribution in [0.2, 0.25) is 0 Å². The third-order valence-corrected chi connectivity index (χ3v) is 2.15. The van der Waals surface area contributed by atoms with Gasteiger partial charge in [0.2, 0.25) is 5.78 Å². The summed E-state index contributed by atoms with van der Waals surface area (Å²) in [7, 11) is 0. The molecule has 0 atom stereocenters. The second-order valence-electron chi connectivity index (χ2n) is 3.31. The molecule has 86 valence electrons. The van der Waals surface area contributed by atoms with Gasteiger partial charge in [0.15, 0.2) is 0 Å². The molecule has 0 radical (unpaired) electrons. The molecule has 0 fully saturated rings. The Morgan fingerprint density at radius 1 is 1.24 bits per heavy atom. The van der Waals surface area contributed by atoms with Crippen molar-refractivity contribution in [3.63, 3.8) is 0 Å². The number of hydrogen-bond acceptors (Lipinski definition) is 3. The van der Waals surface area contributed by atoms with E-state index in [2.05, 4.69) is 10.2 Å². The molecule has 0 amide bonds. The summed E-state index contributed by atoms with van der Waals surface area (Å²) in [6.45, 7) is 0. The number of halogens is 1. The van der Waals surface area contributed by atoms with Crippen molar-refractivity contribution in [2.24, 2.45) is 0 Å². The van der Waals surface area contributed by atoms with Crippen LogP contribution in [0.5, 0.6) is 0 Å². The van der Waals surface area contributed by atoms with Gasteiger partial charge in [-0.2, -0.15) is 5.10 Å². The van der Waals surface area contributed by atoms with Crippen LogP contribution in [0.1, 0.15) is 26.5 Å². The Hall–Kier alpha value is -2.50. The maximum atomic E-state index is 12.7. The number of carboxylic acids is 1. The third-order valence-electron chi connectivity index (χ3n) is 2.15. The monoisotopic (exact) mass is 234 g/mol. The van der Waals surface area contributed by atoms with Crippen LogP contribution < -0.4 is 0 Å². The van der Waals surface area contributed by atoms with Crippen molar-refractivity contribution < 1.29 is 19.1 Å². The minimum atomic E-state index is -1.20. The number of benzene rings is 1. The maximum absolute atomic E-state index is 12.7. The normalized spacial score (nSPS) is 10.2. The molecular weight excluding hydrogens is 227 g/mol. The van der Waals surface area contributed by atoms with E-state index in [1.807, 2.05) is 0 Å². The lowest BCUT2D eigenvalue weighted by Gasteiger charge is -1.96. The quantitative estimate of drug-likeness (QED) is 0.788. The van der Waals surface area contributed by atoms with Gasteiger partial charge in [-0.1, -0.05) is 0 Å². The van der Waals surface area contributed by atoms with E-state index in [1.165, 1.54) is 12.1 Å². The minimum Gasteiger partial charge on any atom is -0.477 e. The molecule has 2 aromatic rings. The molecule has 0 unspecified atom stereocenters. The molecule has 2 rings (SSSR count). The van der Waals surface area contributed by atoms with Crippen molar-refractivity contribution in [1.29, 1.82) is 0 Å². The fraction of sp³-hybridized carbons (Fsp3) is 0. The number of ketones is 1. The lowest BCUT2D eigenvalue weighted by molar-refractivity contribution is 0.0690. The average Bonchev–Trinajstić information content (AvgIpc) is 2.78. The van der Waals surface area contributed by atoms with Crippen molar-refractivity contribution in [3.8, 4) is 0 Å². The van der Waals surface area contributed by atoms with E-state index in [0.29, 0.717) is 0 Å². The predicted octanol–water partition coefficient (Wildman–Crippen LogP) is 1.48. The number of nitrogens with one attached hydrogen (secondary N) is 1. The molecule has 0 aliphatic rings. The molecule has 0 spiro atoms. The summed E-state index contributed by atoms with van der Waals surface area (Å²) < 4.78 is 12.7. The number of carbonyl (C=O) groups excluding carboxylic acids is 1. The second-order valence-corrected chi connectivity index (χ2v) is 3.31. The van der Waals surface area contributed by atoms with E-state index in [9.17, 15) is 14.0 Å². The van der Waals surface area contributed by atoms with Gasteiger partial charge in [-0.05, 0) is 24.3 Å². The van der Waals surface area contributed by atoms with Crippen molar-refractivity contribution >= 4 is 11.8 Å². The first-order valence-corrected chi connectivity index (χ1v) is 4.67. The average molecular weight is 234 g/mol. The highest BCUT2D eigenvalue weighted by Crippen LogP contribution is 2.10. The summed E-state index contributed by atoms with van der Waals surface area (Å²) >= 11 is 0. The van der Waals surface area contributed by atoms with E-state index < -0.39 is 17.6 Å². The molecule has 6 heteroatoms. The summed E-state index contributed by atoms with van der Waals surface area (Å²) in [6, 6.07) is 6.06. The van der Waals surface area contributed by atoms with Crippen molar-refractivity contribution in [2.75, 3.05) is 0 Å². The van der Waals surface area contributed by atoms with E-state index in [1.54, 1.807) is 0 Å². The summed E-state index contributed by atoms with van der Waals surface area (Å²) in [5.74, 6) is -2.11. The Labute approximate surface area is 94.9 Å². The lowest BCUT2D eigenvalue weighted by Crippen LogP contribution is -2.01. The molecule has 5 nitrogen and oxygen atoms in total. The number of rotatable bonds is 3. The van der Waals surface area contributed by atoms with E-state index in [-0.39, 0.29) is 17.0 Å². The van der Waals surface area contributed by atoms with Crippen molar-refractivity contribution in [3.05, 3.63) is 53.1 Å². The van der Waals surface area contributed by atoms with Gasteiger partial charge in [-0.15, -0.1) is 0 Å². The summed E-state index contributed by atoms with van der Waals surface area (Å²) in [4.78, 5) is 22.4. The van der Waals surface area contributed by atoms with E-state index >= 15 is 0 Å². The van der Waals surface area contributed by atoms with Crippen LogP contribution in [-0.4, -0.2) is 27.1 Å². The largest absolute Gasteiger partial charge is 0.477 e. The van der Waals surface area contributed by atoms with Crippen LogP contribution in [0.25, 0.3) is 0 Å². The van der Waals surface area contributed by atoms with Gasteiger partial charge < -0.3 is 5.11 Å². The van der Waals surface area contributed by atoms with Gasteiger partial charge in [0.1, 0.15) is 17.2 Å².